The van der Waals surface area contributed by atoms with Crippen molar-refractivity contribution in [3.8, 4) is 0 Å². The van der Waals surface area contributed by atoms with Gasteiger partial charge in [0.1, 0.15) is 6.04 Å². The predicted molar refractivity (Wildman–Crippen MR) is 56.7 cm³/mol. The van der Waals surface area contributed by atoms with Crippen molar-refractivity contribution in [1.29, 1.82) is 0 Å². The van der Waals surface area contributed by atoms with Crippen molar-refractivity contribution in [2.45, 2.75) is 25.8 Å². The summed E-state index contributed by atoms with van der Waals surface area (Å²) in [6.07, 6.45) is 0. The number of carbonyl (C=O) groups is 1. The van der Waals surface area contributed by atoms with Gasteiger partial charge in [0, 0.05) is 0 Å². The van der Waals surface area contributed by atoms with Crippen LogP contribution in [0.25, 0.3) is 0 Å². The van der Waals surface area contributed by atoms with Crippen LogP contribution in [0.1, 0.15) is 36.9 Å². The maximum Gasteiger partial charge on any atom is 0.238 e. The van der Waals surface area contributed by atoms with E-state index in [2.05, 4.69) is 13.8 Å². The molecule has 0 fully saturated rings. The number of benzene rings is 1. The van der Waals surface area contributed by atoms with Crippen LogP contribution in [0.2, 0.25) is 0 Å². The number of hydrogen-bond acceptors (Lipinski definition) is 2. The van der Waals surface area contributed by atoms with E-state index in [1.165, 1.54) is 5.56 Å². The lowest BCUT2D eigenvalue weighted by molar-refractivity contribution is -0.119. The summed E-state index contributed by atoms with van der Waals surface area (Å²) in [6, 6.07) is 6.96. The Bertz CT molecular complexity index is 317. The molecule has 3 nitrogen and oxygen atoms in total. The highest BCUT2D eigenvalue weighted by Crippen LogP contribution is 2.17. The van der Waals surface area contributed by atoms with Crippen molar-refractivity contribution < 1.29 is 4.79 Å². The summed E-state index contributed by atoms with van der Waals surface area (Å²) in [5.41, 5.74) is 12.7. The minimum absolute atomic E-state index is 0.480. The van der Waals surface area contributed by atoms with Crippen molar-refractivity contribution in [2.75, 3.05) is 0 Å². The molecule has 1 rings (SSSR count). The molecule has 0 saturated heterocycles. The number of rotatable bonds is 3. The Morgan fingerprint density at radius 1 is 1.14 bits per heavy atom. The maximum absolute atomic E-state index is 10.8. The second-order valence-electron chi connectivity index (χ2n) is 3.70. The van der Waals surface area contributed by atoms with Crippen LogP contribution in [0.3, 0.4) is 0 Å². The third kappa shape index (κ3) is 2.33. The molecule has 0 radical (unpaired) electrons. The van der Waals surface area contributed by atoms with Crippen LogP contribution in [-0.2, 0) is 4.79 Å². The topological polar surface area (TPSA) is 69.1 Å². The summed E-state index contributed by atoms with van der Waals surface area (Å²) in [5, 5.41) is 0. The van der Waals surface area contributed by atoms with Crippen molar-refractivity contribution in [2.24, 2.45) is 11.5 Å². The highest BCUT2D eigenvalue weighted by Gasteiger charge is 2.11. The number of primary amides is 1. The fourth-order valence-corrected chi connectivity index (χ4v) is 1.25. The Hall–Kier alpha value is -1.35. The normalized spacial score (nSPS) is 12.9. The molecule has 1 amide bonds. The zero-order chi connectivity index (χ0) is 10.7. The molecule has 4 N–H and O–H groups in total. The van der Waals surface area contributed by atoms with Crippen LogP contribution >= 0.6 is 0 Å². The molecule has 14 heavy (non-hydrogen) atoms. The molecule has 76 valence electrons. The second kappa shape index (κ2) is 4.24. The molecule has 0 aromatic heterocycles. The monoisotopic (exact) mass is 192 g/mol. The first kappa shape index (κ1) is 10.7. The van der Waals surface area contributed by atoms with Gasteiger partial charge in [-0.05, 0) is 17.0 Å². The molecule has 0 aliphatic rings. The van der Waals surface area contributed by atoms with Crippen molar-refractivity contribution >= 4 is 5.91 Å². The molecule has 1 aromatic carbocycles. The van der Waals surface area contributed by atoms with Crippen molar-refractivity contribution in [1.82, 2.24) is 0 Å². The minimum Gasteiger partial charge on any atom is -0.368 e. The van der Waals surface area contributed by atoms with Crippen molar-refractivity contribution in [3.05, 3.63) is 35.4 Å². The Morgan fingerprint density at radius 2 is 1.57 bits per heavy atom. The van der Waals surface area contributed by atoms with Gasteiger partial charge in [0.25, 0.3) is 0 Å². The molecule has 0 spiro atoms. The van der Waals surface area contributed by atoms with E-state index in [-0.39, 0.29) is 0 Å². The van der Waals surface area contributed by atoms with Gasteiger partial charge in [-0.15, -0.1) is 0 Å². The molecule has 1 atom stereocenters. The van der Waals surface area contributed by atoms with Gasteiger partial charge >= 0.3 is 0 Å². The first-order valence-corrected chi connectivity index (χ1v) is 4.67. The SMILES string of the molecule is CC(C)c1ccc([C@@H](N)C(N)=O)cc1. The Labute approximate surface area is 84.1 Å². The van der Waals surface area contributed by atoms with E-state index in [9.17, 15) is 4.79 Å². The Morgan fingerprint density at radius 3 is 1.93 bits per heavy atom. The number of amides is 1. The lowest BCUT2D eigenvalue weighted by Crippen LogP contribution is -2.28. The largest absolute Gasteiger partial charge is 0.368 e. The molecule has 1 aromatic rings. The van der Waals surface area contributed by atoms with Gasteiger partial charge in [-0.1, -0.05) is 38.1 Å². The second-order valence-corrected chi connectivity index (χ2v) is 3.70. The third-order valence-corrected chi connectivity index (χ3v) is 2.27. The lowest BCUT2D eigenvalue weighted by Gasteiger charge is -2.10. The molecule has 0 aliphatic heterocycles. The highest BCUT2D eigenvalue weighted by atomic mass is 16.1. The summed E-state index contributed by atoms with van der Waals surface area (Å²) in [4.78, 5) is 10.8. The molecule has 0 heterocycles. The summed E-state index contributed by atoms with van der Waals surface area (Å²) < 4.78 is 0. The van der Waals surface area contributed by atoms with Gasteiger partial charge in [-0.3, -0.25) is 4.79 Å². The van der Waals surface area contributed by atoms with Crippen LogP contribution in [0, 0.1) is 0 Å². The molecular weight excluding hydrogens is 176 g/mol. The number of hydrogen-bond donors (Lipinski definition) is 2. The van der Waals surface area contributed by atoms with E-state index in [0.717, 1.165) is 5.56 Å². The molecule has 0 saturated carbocycles. The first-order valence-electron chi connectivity index (χ1n) is 4.67. The van der Waals surface area contributed by atoms with E-state index in [4.69, 9.17) is 11.5 Å². The molecule has 0 aliphatic carbocycles. The van der Waals surface area contributed by atoms with Gasteiger partial charge in [-0.25, -0.2) is 0 Å². The standard InChI is InChI=1S/C11H16N2O/c1-7(2)8-3-5-9(6-4-8)10(12)11(13)14/h3-7,10H,12H2,1-2H3,(H2,13,14)/t10-/m1/s1. The molecular formula is C11H16N2O. The fourth-order valence-electron chi connectivity index (χ4n) is 1.25. The Kier molecular flexibility index (Phi) is 3.25. The molecule has 0 bridgehead atoms. The summed E-state index contributed by atoms with van der Waals surface area (Å²) in [5.74, 6) is -0.0175. The average Bonchev–Trinajstić information content (AvgIpc) is 2.16. The van der Waals surface area contributed by atoms with E-state index in [1.807, 2.05) is 24.3 Å². The van der Waals surface area contributed by atoms with Crippen LogP contribution in [0.5, 0.6) is 0 Å². The zero-order valence-corrected chi connectivity index (χ0v) is 8.53. The maximum atomic E-state index is 10.8. The van der Waals surface area contributed by atoms with Gasteiger partial charge < -0.3 is 11.5 Å². The average molecular weight is 192 g/mol. The van der Waals surface area contributed by atoms with Gasteiger partial charge in [0.15, 0.2) is 0 Å². The zero-order valence-electron chi connectivity index (χ0n) is 8.53. The van der Waals surface area contributed by atoms with E-state index in [0.29, 0.717) is 5.92 Å². The first-order chi connectivity index (χ1) is 6.52. The predicted octanol–water partition coefficient (Wildman–Crippen LogP) is 1.30. The fraction of sp³-hybridized carbons (Fsp3) is 0.364. The highest BCUT2D eigenvalue weighted by molar-refractivity contribution is 5.81. The summed E-state index contributed by atoms with van der Waals surface area (Å²) in [7, 11) is 0. The molecule has 3 heteroatoms. The molecule has 0 unspecified atom stereocenters. The van der Waals surface area contributed by atoms with Crippen molar-refractivity contribution in [3.63, 3.8) is 0 Å². The van der Waals surface area contributed by atoms with E-state index in [1.54, 1.807) is 0 Å². The van der Waals surface area contributed by atoms with Crippen LogP contribution in [0.15, 0.2) is 24.3 Å². The smallest absolute Gasteiger partial charge is 0.238 e. The van der Waals surface area contributed by atoms with Crippen LogP contribution in [0.4, 0.5) is 0 Å². The summed E-state index contributed by atoms with van der Waals surface area (Å²) >= 11 is 0. The van der Waals surface area contributed by atoms with E-state index < -0.39 is 11.9 Å². The third-order valence-electron chi connectivity index (χ3n) is 2.27. The number of nitrogens with two attached hydrogens (primary N) is 2. The lowest BCUT2D eigenvalue weighted by atomic mass is 9.99. The quantitative estimate of drug-likeness (QED) is 0.757. The Balaban J connectivity index is 2.88. The van der Waals surface area contributed by atoms with Gasteiger partial charge in [0.05, 0.1) is 0 Å². The van der Waals surface area contributed by atoms with Gasteiger partial charge in [-0.2, -0.15) is 0 Å². The van der Waals surface area contributed by atoms with Crippen LogP contribution in [-0.4, -0.2) is 5.91 Å². The number of carbonyl (C=O) groups excluding carboxylic acids is 1. The van der Waals surface area contributed by atoms with Crippen LogP contribution < -0.4 is 11.5 Å². The van der Waals surface area contributed by atoms with Gasteiger partial charge in [0.2, 0.25) is 5.91 Å². The minimum atomic E-state index is -0.698. The van der Waals surface area contributed by atoms with E-state index >= 15 is 0 Å². The summed E-state index contributed by atoms with van der Waals surface area (Å²) in [6.45, 7) is 4.23.